The van der Waals surface area contributed by atoms with Crippen LogP contribution in [-0.2, 0) is 30.5 Å². The number of carbonyl (C=O) groups excluding carboxylic acids is 5. The van der Waals surface area contributed by atoms with Crippen LogP contribution in [0.4, 0.5) is 4.79 Å². The van der Waals surface area contributed by atoms with E-state index in [4.69, 9.17) is 0 Å². The number of amides is 5. The number of nitrogens with one attached hydrogen (secondary N) is 4. The minimum absolute atomic E-state index is 0.0463. The van der Waals surface area contributed by atoms with Crippen LogP contribution in [0.1, 0.15) is 98.3 Å². The van der Waals surface area contributed by atoms with E-state index in [0.29, 0.717) is 25.9 Å². The van der Waals surface area contributed by atoms with Crippen LogP contribution in [0.3, 0.4) is 0 Å². The number of likely N-dealkylation sites (N-methyl/N-ethyl adjacent to an activating group) is 1. The Labute approximate surface area is 296 Å². The molecule has 2 unspecified atom stereocenters. The van der Waals surface area contributed by atoms with Gasteiger partial charge in [-0.15, -0.1) is 10.9 Å². The maximum atomic E-state index is 14.8. The molecule has 12 nitrogen and oxygen atoms in total. The Hall–Kier alpha value is -2.64. The van der Waals surface area contributed by atoms with Gasteiger partial charge in [-0.25, -0.2) is 4.79 Å². The lowest BCUT2D eigenvalue weighted by molar-refractivity contribution is -0.144. The minimum atomic E-state index is -1.21. The van der Waals surface area contributed by atoms with E-state index < -0.39 is 53.1 Å². The third kappa shape index (κ3) is 9.38. The van der Waals surface area contributed by atoms with Crippen molar-refractivity contribution in [1.82, 2.24) is 30.5 Å². The Balaban J connectivity index is 1.59. The Morgan fingerprint density at radius 1 is 1.04 bits per heavy atom. The van der Waals surface area contributed by atoms with Crippen LogP contribution in [0.25, 0.3) is 0 Å². The van der Waals surface area contributed by atoms with Gasteiger partial charge in [0, 0.05) is 31.5 Å². The van der Waals surface area contributed by atoms with Crippen molar-refractivity contribution in [2.45, 2.75) is 122 Å². The topological polar surface area (TPSA) is 163 Å². The molecule has 5 amide bonds. The van der Waals surface area contributed by atoms with E-state index in [-0.39, 0.29) is 47.1 Å². The van der Waals surface area contributed by atoms with Gasteiger partial charge in [0.15, 0.2) is 0 Å². The van der Waals surface area contributed by atoms with Gasteiger partial charge in [-0.1, -0.05) is 59.5 Å². The molecule has 3 aliphatic carbocycles. The average molecular weight is 705 g/mol. The molecule has 0 aromatic carbocycles. The molecule has 0 bridgehead atoms. The number of hydrogen-bond donors (Lipinski definition) is 4. The molecule has 4 rings (SSSR count). The fourth-order valence-corrected chi connectivity index (χ4v) is 8.75. The molecule has 276 valence electrons. The summed E-state index contributed by atoms with van der Waals surface area (Å²) in [6.07, 6.45) is 12.6. The maximum Gasteiger partial charge on any atom is 0.315 e. The second-order valence-corrected chi connectivity index (χ2v) is 17.4. The number of ketones is 1. The van der Waals surface area contributed by atoms with Crippen molar-refractivity contribution >= 4 is 40.9 Å². The smallest absolute Gasteiger partial charge is 0.315 e. The Morgan fingerprint density at radius 3 is 2.29 bits per heavy atom. The molecular formula is C36H60N6O6S. The van der Waals surface area contributed by atoms with Crippen molar-refractivity contribution in [2.75, 3.05) is 32.9 Å². The first-order valence-electron chi connectivity index (χ1n) is 18.3. The van der Waals surface area contributed by atoms with Gasteiger partial charge >= 0.3 is 6.03 Å². The number of likely N-dealkylation sites (tertiary alicyclic amines) is 1. The average Bonchev–Trinajstić information content (AvgIpc) is 3.63. The van der Waals surface area contributed by atoms with Crippen molar-refractivity contribution in [3.63, 3.8) is 0 Å². The monoisotopic (exact) mass is 704 g/mol. The summed E-state index contributed by atoms with van der Waals surface area (Å²) in [7, 11) is 1.75. The summed E-state index contributed by atoms with van der Waals surface area (Å²) in [6, 6.07) is -3.41. The first-order valence-corrected chi connectivity index (χ1v) is 19.8. The summed E-state index contributed by atoms with van der Waals surface area (Å²) >= 11 is -1.21. The van der Waals surface area contributed by atoms with Crippen LogP contribution in [0.2, 0.25) is 0 Å². The largest absolute Gasteiger partial charge is 0.598 e. The Bertz CT molecular complexity index is 1230. The van der Waals surface area contributed by atoms with E-state index >= 15 is 0 Å². The van der Waals surface area contributed by atoms with Crippen LogP contribution in [0.15, 0.2) is 12.7 Å². The highest BCUT2D eigenvalue weighted by Crippen LogP contribution is 2.66. The fourth-order valence-electron chi connectivity index (χ4n) is 8.39. The number of fused-ring (bicyclic) bond motifs is 2. The number of urea groups is 1. The zero-order valence-electron chi connectivity index (χ0n) is 30.5. The predicted octanol–water partition coefficient (Wildman–Crippen LogP) is 3.05. The fraction of sp³-hybridized carbons (Fsp3) is 0.806. The molecule has 0 aromatic heterocycles. The van der Waals surface area contributed by atoms with Crippen molar-refractivity contribution < 1.29 is 28.5 Å². The van der Waals surface area contributed by atoms with E-state index in [1.54, 1.807) is 22.5 Å². The molecule has 1 heterocycles. The van der Waals surface area contributed by atoms with E-state index in [0.717, 1.165) is 57.8 Å². The number of hydrogen-bond acceptors (Lipinski definition) is 7. The van der Waals surface area contributed by atoms with Gasteiger partial charge in [0.1, 0.15) is 18.3 Å². The summed E-state index contributed by atoms with van der Waals surface area (Å²) in [5.41, 5.74) is -0.198. The van der Waals surface area contributed by atoms with Gasteiger partial charge in [0.05, 0.1) is 18.6 Å². The molecule has 1 spiro atoms. The molecule has 3 saturated carbocycles. The summed E-state index contributed by atoms with van der Waals surface area (Å²) in [4.78, 5) is 70.2. The van der Waals surface area contributed by atoms with Gasteiger partial charge in [-0.05, 0) is 73.5 Å². The summed E-state index contributed by atoms with van der Waals surface area (Å²) < 4.78 is 13.8. The van der Waals surface area contributed by atoms with E-state index in [1.807, 2.05) is 27.7 Å². The van der Waals surface area contributed by atoms with E-state index in [1.165, 1.54) is 6.08 Å². The number of rotatable bonds is 15. The predicted molar refractivity (Wildman–Crippen MR) is 190 cm³/mol. The molecule has 4 fully saturated rings. The standard InChI is InChI=1S/C36H60N6O6S/c1-8-13-26(30(43)32(45)37-20-9-2)38-31(44)29-24-16-17-36(18-19-36)25(24)21-42(29)33(46)28(23-14-11-10-12-15-23)40-34(47)39-27(35(3,4)5)22-41(6)49(7)48/h9,23-29H,2,8,10-22H2,1,3-7H3,(H,37,45)(H,38,44)(H2,39,40,47)/t24-,25-,26?,27+,28-,29-,49?/m0/s1. The van der Waals surface area contributed by atoms with Crippen LogP contribution in [0, 0.1) is 28.6 Å². The van der Waals surface area contributed by atoms with E-state index in [9.17, 15) is 28.5 Å². The third-order valence-electron chi connectivity index (χ3n) is 11.6. The third-order valence-corrected chi connectivity index (χ3v) is 12.6. The summed E-state index contributed by atoms with van der Waals surface area (Å²) in [6.45, 7) is 12.4. The lowest BCUT2D eigenvalue weighted by Crippen LogP contribution is -2.61. The molecule has 4 N–H and O–H groups in total. The number of carbonyl (C=O) groups is 5. The Kier molecular flexibility index (Phi) is 13.3. The zero-order valence-corrected chi connectivity index (χ0v) is 31.3. The molecule has 7 atom stereocenters. The maximum absolute atomic E-state index is 14.8. The first kappa shape index (κ1) is 39.2. The highest BCUT2D eigenvalue weighted by atomic mass is 32.2. The van der Waals surface area contributed by atoms with E-state index in [2.05, 4.69) is 27.8 Å². The summed E-state index contributed by atoms with van der Waals surface area (Å²) in [5, 5.41) is 11.5. The molecule has 49 heavy (non-hydrogen) atoms. The molecule has 1 aliphatic heterocycles. The lowest BCUT2D eigenvalue weighted by Gasteiger charge is -2.37. The van der Waals surface area contributed by atoms with Crippen molar-refractivity contribution in [3.8, 4) is 0 Å². The quantitative estimate of drug-likeness (QED) is 0.116. The highest BCUT2D eigenvalue weighted by Gasteiger charge is 2.64. The highest BCUT2D eigenvalue weighted by molar-refractivity contribution is 7.88. The second kappa shape index (κ2) is 16.6. The molecule has 13 heteroatoms. The second-order valence-electron chi connectivity index (χ2n) is 16.0. The van der Waals surface area contributed by atoms with Gasteiger partial charge in [-0.2, -0.15) is 0 Å². The van der Waals surface area contributed by atoms with Crippen LogP contribution in [-0.4, -0.2) is 100 Å². The van der Waals surface area contributed by atoms with Gasteiger partial charge in [0.25, 0.3) is 5.91 Å². The van der Waals surface area contributed by atoms with Crippen molar-refractivity contribution in [1.29, 1.82) is 0 Å². The summed E-state index contributed by atoms with van der Waals surface area (Å²) in [5.74, 6) is -2.08. The zero-order chi connectivity index (χ0) is 36.1. The van der Waals surface area contributed by atoms with Crippen LogP contribution < -0.4 is 21.3 Å². The van der Waals surface area contributed by atoms with Gasteiger partial charge in [0.2, 0.25) is 17.6 Å². The number of Topliss-reactive ketones (excluding diaryl/α,β-unsaturated/α-hetero) is 1. The van der Waals surface area contributed by atoms with Crippen LogP contribution in [0.5, 0.6) is 0 Å². The van der Waals surface area contributed by atoms with Crippen molar-refractivity contribution in [3.05, 3.63) is 12.7 Å². The lowest BCUT2D eigenvalue weighted by atomic mass is 9.83. The molecule has 4 aliphatic rings. The number of nitrogens with zero attached hydrogens (tertiary/aromatic N) is 2. The minimum Gasteiger partial charge on any atom is -0.598 e. The van der Waals surface area contributed by atoms with Gasteiger partial charge < -0.3 is 30.7 Å². The first-order chi connectivity index (χ1) is 23.1. The normalized spacial score (nSPS) is 25.6. The SMILES string of the molecule is C=CCNC(=O)C(=O)C(CCC)NC(=O)[C@@H]1[C@H]2CCC3(CC3)[C@H]2CN1C(=O)[C@@H](NC(=O)N[C@H](CN(C)[S+](C)[O-])C(C)(C)C)C1CCCCC1. The molecular weight excluding hydrogens is 644 g/mol. The Morgan fingerprint density at radius 2 is 1.71 bits per heavy atom. The molecule has 1 saturated heterocycles. The molecule has 0 radical (unpaired) electrons. The van der Waals surface area contributed by atoms with Crippen molar-refractivity contribution in [2.24, 2.45) is 28.6 Å². The molecule has 0 aromatic rings. The van der Waals surface area contributed by atoms with Gasteiger partial charge in [-0.3, -0.25) is 19.2 Å². The van der Waals surface area contributed by atoms with Crippen LogP contribution >= 0.6 is 0 Å².